The number of rotatable bonds is 5. The monoisotopic (exact) mass is 224 g/mol. The summed E-state index contributed by atoms with van der Waals surface area (Å²) in [5, 5.41) is 11.9. The molecule has 2 N–H and O–H groups in total. The Morgan fingerprint density at radius 1 is 1.56 bits per heavy atom. The largest absolute Gasteiger partial charge is 0.503 e. The molecule has 0 unspecified atom stereocenters. The van der Waals surface area contributed by atoms with Gasteiger partial charge >= 0.3 is 0 Å². The zero-order chi connectivity index (χ0) is 12.0. The Bertz CT molecular complexity index is 412. The van der Waals surface area contributed by atoms with Gasteiger partial charge in [0.25, 0.3) is 0 Å². The summed E-state index contributed by atoms with van der Waals surface area (Å²) < 4.78 is 1.61. The predicted octanol–water partition coefficient (Wildman–Crippen LogP) is 0.470. The molecule has 88 valence electrons. The lowest BCUT2D eigenvalue weighted by Gasteiger charge is -2.06. The van der Waals surface area contributed by atoms with Crippen molar-refractivity contribution in [3.05, 3.63) is 28.7 Å². The normalized spacial score (nSPS) is 10.1. The number of aromatic nitrogens is 1. The third-order valence-electron chi connectivity index (χ3n) is 2.13. The molecule has 0 fully saturated rings. The molecule has 0 aliphatic heterocycles. The summed E-state index contributed by atoms with van der Waals surface area (Å²) >= 11 is 0. The van der Waals surface area contributed by atoms with Crippen molar-refractivity contribution in [1.82, 2.24) is 9.88 Å². The standard InChI is InChI=1S/C11H16N2O3/c1-2-5-12-11(16)4-7-13-6-3-9(14)10(15)8-13/h3,6,8,15H,2,4-5,7H2,1H3,(H,12,16). The Morgan fingerprint density at radius 2 is 2.31 bits per heavy atom. The Morgan fingerprint density at radius 3 is 2.94 bits per heavy atom. The van der Waals surface area contributed by atoms with Gasteiger partial charge in [-0.25, -0.2) is 0 Å². The van der Waals surface area contributed by atoms with Crippen LogP contribution in [0.5, 0.6) is 5.75 Å². The molecular weight excluding hydrogens is 208 g/mol. The number of hydrogen-bond donors (Lipinski definition) is 2. The van der Waals surface area contributed by atoms with E-state index >= 15 is 0 Å². The van der Waals surface area contributed by atoms with Gasteiger partial charge in [-0.3, -0.25) is 9.59 Å². The Hall–Kier alpha value is -1.78. The van der Waals surface area contributed by atoms with Crippen LogP contribution in [0.15, 0.2) is 23.3 Å². The van der Waals surface area contributed by atoms with Gasteiger partial charge in [0.05, 0.1) is 0 Å². The third kappa shape index (κ3) is 3.76. The van der Waals surface area contributed by atoms with E-state index in [0.717, 1.165) is 6.42 Å². The van der Waals surface area contributed by atoms with Crippen LogP contribution >= 0.6 is 0 Å². The lowest BCUT2D eigenvalue weighted by atomic mass is 10.3. The molecule has 0 spiro atoms. The Balaban J connectivity index is 2.45. The van der Waals surface area contributed by atoms with Gasteiger partial charge in [-0.05, 0) is 6.42 Å². The maximum Gasteiger partial charge on any atom is 0.223 e. The number of nitrogens with zero attached hydrogens (tertiary/aromatic N) is 1. The van der Waals surface area contributed by atoms with Crippen LogP contribution in [0.1, 0.15) is 19.8 Å². The van der Waals surface area contributed by atoms with E-state index in [9.17, 15) is 14.7 Å². The number of carbonyl (C=O) groups excluding carboxylic acids is 1. The fraction of sp³-hybridized carbons (Fsp3) is 0.455. The van der Waals surface area contributed by atoms with Crippen molar-refractivity contribution in [2.45, 2.75) is 26.3 Å². The molecular formula is C11H16N2O3. The minimum Gasteiger partial charge on any atom is -0.503 e. The van der Waals surface area contributed by atoms with Crippen LogP contribution in [0.3, 0.4) is 0 Å². The van der Waals surface area contributed by atoms with Crippen molar-refractivity contribution in [1.29, 1.82) is 0 Å². The van der Waals surface area contributed by atoms with Crippen LogP contribution in [0.25, 0.3) is 0 Å². The van der Waals surface area contributed by atoms with Crippen molar-refractivity contribution in [3.8, 4) is 5.75 Å². The van der Waals surface area contributed by atoms with Crippen LogP contribution in [-0.2, 0) is 11.3 Å². The first-order chi connectivity index (χ1) is 7.63. The van der Waals surface area contributed by atoms with E-state index in [1.54, 1.807) is 10.8 Å². The lowest BCUT2D eigenvalue weighted by molar-refractivity contribution is -0.121. The van der Waals surface area contributed by atoms with E-state index in [-0.39, 0.29) is 11.7 Å². The van der Waals surface area contributed by atoms with E-state index in [2.05, 4.69) is 5.32 Å². The second kappa shape index (κ2) is 5.95. The number of pyridine rings is 1. The molecule has 0 aliphatic carbocycles. The van der Waals surface area contributed by atoms with E-state index in [0.29, 0.717) is 19.5 Å². The summed E-state index contributed by atoms with van der Waals surface area (Å²) in [6.07, 6.45) is 4.12. The summed E-state index contributed by atoms with van der Waals surface area (Å²) in [5.41, 5.74) is -0.410. The highest BCUT2D eigenvalue weighted by atomic mass is 16.3. The van der Waals surface area contributed by atoms with Crippen molar-refractivity contribution >= 4 is 5.91 Å². The molecule has 0 aliphatic rings. The van der Waals surface area contributed by atoms with Gasteiger partial charge in [-0.1, -0.05) is 6.92 Å². The minimum atomic E-state index is -0.410. The van der Waals surface area contributed by atoms with Gasteiger partial charge in [-0.15, -0.1) is 0 Å². The molecule has 1 amide bonds. The van der Waals surface area contributed by atoms with Crippen LogP contribution < -0.4 is 10.7 Å². The number of carbonyl (C=O) groups is 1. The topological polar surface area (TPSA) is 71.3 Å². The second-order valence-electron chi connectivity index (χ2n) is 3.53. The summed E-state index contributed by atoms with van der Waals surface area (Å²) in [7, 11) is 0. The molecule has 0 aromatic carbocycles. The number of amides is 1. The highest BCUT2D eigenvalue weighted by molar-refractivity contribution is 5.75. The molecule has 16 heavy (non-hydrogen) atoms. The van der Waals surface area contributed by atoms with Crippen LogP contribution in [0, 0.1) is 0 Å². The molecule has 0 saturated carbocycles. The van der Waals surface area contributed by atoms with E-state index < -0.39 is 5.43 Å². The van der Waals surface area contributed by atoms with Crippen LogP contribution in [0.4, 0.5) is 0 Å². The highest BCUT2D eigenvalue weighted by Gasteiger charge is 2.01. The quantitative estimate of drug-likeness (QED) is 0.763. The molecule has 1 rings (SSSR count). The van der Waals surface area contributed by atoms with Gasteiger partial charge < -0.3 is 15.0 Å². The van der Waals surface area contributed by atoms with Gasteiger partial charge in [0, 0.05) is 38.0 Å². The Labute approximate surface area is 93.7 Å². The molecule has 0 atom stereocenters. The SMILES string of the molecule is CCCNC(=O)CCn1ccc(=O)c(O)c1. The molecule has 1 heterocycles. The zero-order valence-electron chi connectivity index (χ0n) is 9.27. The molecule has 1 aromatic heterocycles. The van der Waals surface area contributed by atoms with Crippen molar-refractivity contribution < 1.29 is 9.90 Å². The highest BCUT2D eigenvalue weighted by Crippen LogP contribution is 1.99. The maximum atomic E-state index is 11.3. The first-order valence-electron chi connectivity index (χ1n) is 5.29. The summed E-state index contributed by atoms with van der Waals surface area (Å²) in [4.78, 5) is 22.2. The molecule has 5 nitrogen and oxygen atoms in total. The summed E-state index contributed by atoms with van der Waals surface area (Å²) in [5.74, 6) is -0.323. The van der Waals surface area contributed by atoms with Gasteiger partial charge in [-0.2, -0.15) is 0 Å². The first kappa shape index (κ1) is 12.3. The predicted molar refractivity (Wildman–Crippen MR) is 60.3 cm³/mol. The summed E-state index contributed by atoms with van der Waals surface area (Å²) in [6.45, 7) is 3.11. The number of nitrogens with one attached hydrogen (secondary N) is 1. The van der Waals surface area contributed by atoms with E-state index in [1.165, 1.54) is 12.3 Å². The first-order valence-corrected chi connectivity index (χ1v) is 5.29. The lowest BCUT2D eigenvalue weighted by Crippen LogP contribution is -2.25. The molecule has 5 heteroatoms. The van der Waals surface area contributed by atoms with Crippen LogP contribution in [0.2, 0.25) is 0 Å². The van der Waals surface area contributed by atoms with Gasteiger partial charge in [0.15, 0.2) is 5.75 Å². The number of hydrogen-bond acceptors (Lipinski definition) is 3. The minimum absolute atomic E-state index is 0.0277. The fourth-order valence-electron chi connectivity index (χ4n) is 1.24. The fourth-order valence-corrected chi connectivity index (χ4v) is 1.24. The molecule has 0 radical (unpaired) electrons. The molecule has 0 saturated heterocycles. The van der Waals surface area contributed by atoms with Crippen LogP contribution in [-0.4, -0.2) is 22.1 Å². The zero-order valence-corrected chi connectivity index (χ0v) is 9.27. The smallest absolute Gasteiger partial charge is 0.223 e. The number of aryl methyl sites for hydroxylation is 1. The Kier molecular flexibility index (Phi) is 4.57. The average molecular weight is 224 g/mol. The molecule has 1 aromatic rings. The van der Waals surface area contributed by atoms with E-state index in [1.807, 2.05) is 6.92 Å². The van der Waals surface area contributed by atoms with Crippen molar-refractivity contribution in [3.63, 3.8) is 0 Å². The van der Waals surface area contributed by atoms with E-state index in [4.69, 9.17) is 0 Å². The number of aromatic hydroxyl groups is 1. The second-order valence-corrected chi connectivity index (χ2v) is 3.53. The third-order valence-corrected chi connectivity index (χ3v) is 2.13. The van der Waals surface area contributed by atoms with Gasteiger partial charge in [0.1, 0.15) is 0 Å². The average Bonchev–Trinajstić information content (AvgIpc) is 2.28. The molecule has 0 bridgehead atoms. The van der Waals surface area contributed by atoms with Crippen molar-refractivity contribution in [2.24, 2.45) is 0 Å². The maximum absolute atomic E-state index is 11.3. The van der Waals surface area contributed by atoms with Gasteiger partial charge in [0.2, 0.25) is 11.3 Å². The summed E-state index contributed by atoms with van der Waals surface area (Å²) in [6, 6.07) is 1.28. The van der Waals surface area contributed by atoms with Crippen molar-refractivity contribution in [2.75, 3.05) is 6.54 Å².